The number of hydrogen-bond acceptors (Lipinski definition) is 6. The summed E-state index contributed by atoms with van der Waals surface area (Å²) >= 11 is 6.88. The quantitative estimate of drug-likeness (QED) is 0.604. The first-order chi connectivity index (χ1) is 15.1. The summed E-state index contributed by atoms with van der Waals surface area (Å²) in [5.74, 6) is 0.714. The molecule has 2 aliphatic rings. The van der Waals surface area contributed by atoms with E-state index in [0.29, 0.717) is 48.2 Å². The van der Waals surface area contributed by atoms with Gasteiger partial charge in [-0.15, -0.1) is 10.2 Å². The summed E-state index contributed by atoms with van der Waals surface area (Å²) in [4.78, 5) is 6.77. The van der Waals surface area contributed by atoms with Gasteiger partial charge < -0.3 is 9.80 Å². The van der Waals surface area contributed by atoms with E-state index in [1.165, 1.54) is 0 Å². The molecule has 9 heteroatoms. The number of piperazine rings is 1. The molecule has 1 atom stereocenters. The number of benzene rings is 1. The zero-order valence-corrected chi connectivity index (χ0v) is 18.5. The second kappa shape index (κ2) is 8.68. The van der Waals surface area contributed by atoms with Gasteiger partial charge in [-0.05, 0) is 13.5 Å². The Morgan fingerprint density at radius 2 is 1.81 bits per heavy atom. The van der Waals surface area contributed by atoms with Crippen molar-refractivity contribution in [1.29, 1.82) is 0 Å². The lowest BCUT2D eigenvalue weighted by molar-refractivity contribution is 0.149. The van der Waals surface area contributed by atoms with E-state index in [2.05, 4.69) is 27.0 Å². The molecular weight excluding hydrogens is 417 g/mol. The Kier molecular flexibility index (Phi) is 5.77. The molecule has 31 heavy (non-hydrogen) atoms. The zero-order chi connectivity index (χ0) is 21.4. The van der Waals surface area contributed by atoms with Gasteiger partial charge in [0.2, 0.25) is 0 Å². The Labute approximate surface area is 186 Å². The minimum atomic E-state index is -0.840. The number of fused-ring (bicyclic) bond motifs is 1. The smallest absolute Gasteiger partial charge is 0.184 e. The molecule has 0 unspecified atom stereocenters. The van der Waals surface area contributed by atoms with Crippen LogP contribution in [0.4, 0.5) is 10.2 Å². The lowest BCUT2D eigenvalue weighted by Gasteiger charge is -2.32. The molecule has 0 aliphatic carbocycles. The molecule has 3 aromatic rings. The third-order valence-corrected chi connectivity index (χ3v) is 6.65. The standard InChI is InChI=1S/C22H27ClFN7/c1-28-9-11-29(12-10-28)13-14-31-21-18(22(27-31)30-8-7-17(24)15-30)19(23)20(25-26-21)16-5-3-2-4-6-16/h2-6,17H,7-15H2,1H3/t17-/m1/s1. The highest BCUT2D eigenvalue weighted by Crippen LogP contribution is 2.37. The van der Waals surface area contributed by atoms with Gasteiger partial charge in [-0.1, -0.05) is 41.9 Å². The SMILES string of the molecule is CN1CCN(CCn2nc(N3CC[C@@H](F)C3)c3c(Cl)c(-c4ccccc4)nnc32)CC1. The molecule has 1 aromatic carbocycles. The molecule has 2 fully saturated rings. The second-order valence-electron chi connectivity index (χ2n) is 8.45. The van der Waals surface area contributed by atoms with Crippen molar-refractivity contribution in [3.8, 4) is 11.3 Å². The molecule has 0 N–H and O–H groups in total. The third-order valence-electron chi connectivity index (χ3n) is 6.28. The van der Waals surface area contributed by atoms with Crippen molar-refractivity contribution >= 4 is 28.5 Å². The monoisotopic (exact) mass is 443 g/mol. The van der Waals surface area contributed by atoms with Gasteiger partial charge in [0, 0.05) is 44.8 Å². The predicted molar refractivity (Wildman–Crippen MR) is 121 cm³/mol. The van der Waals surface area contributed by atoms with E-state index in [1.54, 1.807) is 0 Å². The summed E-state index contributed by atoms with van der Waals surface area (Å²) < 4.78 is 15.9. The maximum absolute atomic E-state index is 14.0. The first kappa shape index (κ1) is 20.6. The number of rotatable bonds is 5. The van der Waals surface area contributed by atoms with E-state index in [4.69, 9.17) is 16.7 Å². The molecule has 2 aromatic heterocycles. The molecule has 0 saturated carbocycles. The van der Waals surface area contributed by atoms with Gasteiger partial charge in [0.1, 0.15) is 11.9 Å². The average Bonchev–Trinajstić information content (AvgIpc) is 3.38. The number of nitrogens with zero attached hydrogens (tertiary/aromatic N) is 7. The molecule has 0 bridgehead atoms. The molecule has 2 saturated heterocycles. The first-order valence-corrected chi connectivity index (χ1v) is 11.3. The van der Waals surface area contributed by atoms with Gasteiger partial charge in [0.05, 0.1) is 23.5 Å². The molecule has 4 heterocycles. The summed E-state index contributed by atoms with van der Waals surface area (Å²) in [6.45, 7) is 6.78. The fourth-order valence-electron chi connectivity index (χ4n) is 4.37. The summed E-state index contributed by atoms with van der Waals surface area (Å²) in [5, 5.41) is 15.1. The van der Waals surface area contributed by atoms with Crippen LogP contribution < -0.4 is 4.90 Å². The van der Waals surface area contributed by atoms with Crippen molar-refractivity contribution in [3.63, 3.8) is 0 Å². The molecule has 0 spiro atoms. The molecule has 0 radical (unpaired) electrons. The zero-order valence-electron chi connectivity index (χ0n) is 17.7. The van der Waals surface area contributed by atoms with E-state index in [-0.39, 0.29) is 0 Å². The van der Waals surface area contributed by atoms with E-state index in [9.17, 15) is 4.39 Å². The molecule has 5 rings (SSSR count). The van der Waals surface area contributed by atoms with Crippen LogP contribution in [0.2, 0.25) is 5.02 Å². The normalized spacial score (nSPS) is 20.7. The van der Waals surface area contributed by atoms with Crippen molar-refractivity contribution in [3.05, 3.63) is 35.4 Å². The summed E-state index contributed by atoms with van der Waals surface area (Å²) in [6.07, 6.45) is -0.329. The van der Waals surface area contributed by atoms with Crippen molar-refractivity contribution in [2.24, 2.45) is 0 Å². The van der Waals surface area contributed by atoms with Crippen LogP contribution in [0.15, 0.2) is 30.3 Å². The highest BCUT2D eigenvalue weighted by Gasteiger charge is 2.29. The van der Waals surface area contributed by atoms with Crippen LogP contribution in [-0.2, 0) is 6.54 Å². The number of alkyl halides is 1. The Morgan fingerprint density at radius 1 is 1.03 bits per heavy atom. The minimum Gasteiger partial charge on any atom is -0.352 e. The van der Waals surface area contributed by atoms with Crippen molar-refractivity contribution in [2.45, 2.75) is 19.1 Å². The number of likely N-dealkylation sites (N-methyl/N-ethyl adjacent to an activating group) is 1. The lowest BCUT2D eigenvalue weighted by atomic mass is 10.1. The summed E-state index contributed by atoms with van der Waals surface area (Å²) in [5.41, 5.74) is 2.20. The predicted octanol–water partition coefficient (Wildman–Crippen LogP) is 2.94. The van der Waals surface area contributed by atoms with E-state index in [0.717, 1.165) is 43.7 Å². The van der Waals surface area contributed by atoms with Crippen LogP contribution in [0.25, 0.3) is 22.3 Å². The Balaban J connectivity index is 1.51. The third kappa shape index (κ3) is 4.12. The summed E-state index contributed by atoms with van der Waals surface area (Å²) in [6, 6.07) is 9.79. The average molecular weight is 444 g/mol. The van der Waals surface area contributed by atoms with Crippen molar-refractivity contribution in [1.82, 2.24) is 29.8 Å². The van der Waals surface area contributed by atoms with Gasteiger partial charge in [-0.3, -0.25) is 4.90 Å². The van der Waals surface area contributed by atoms with E-state index >= 15 is 0 Å². The number of aromatic nitrogens is 4. The number of anilines is 1. The van der Waals surface area contributed by atoms with E-state index < -0.39 is 6.17 Å². The Bertz CT molecular complexity index is 1050. The molecule has 0 amide bonds. The largest absolute Gasteiger partial charge is 0.352 e. The van der Waals surface area contributed by atoms with Crippen LogP contribution in [0.5, 0.6) is 0 Å². The van der Waals surface area contributed by atoms with Crippen LogP contribution in [-0.4, -0.2) is 88.8 Å². The van der Waals surface area contributed by atoms with Crippen LogP contribution in [0, 0.1) is 0 Å². The molecule has 2 aliphatic heterocycles. The topological polar surface area (TPSA) is 53.3 Å². The highest BCUT2D eigenvalue weighted by atomic mass is 35.5. The number of halogens is 2. The Morgan fingerprint density at radius 3 is 2.52 bits per heavy atom. The number of hydrogen-bond donors (Lipinski definition) is 0. The second-order valence-corrected chi connectivity index (χ2v) is 8.83. The van der Waals surface area contributed by atoms with Crippen molar-refractivity contribution < 1.29 is 4.39 Å². The maximum atomic E-state index is 14.0. The maximum Gasteiger partial charge on any atom is 0.184 e. The highest BCUT2D eigenvalue weighted by molar-refractivity contribution is 6.38. The fraction of sp³-hybridized carbons (Fsp3) is 0.500. The van der Waals surface area contributed by atoms with Crippen LogP contribution >= 0.6 is 11.6 Å². The van der Waals surface area contributed by atoms with Gasteiger partial charge in [-0.25, -0.2) is 9.07 Å². The minimum absolute atomic E-state index is 0.337. The van der Waals surface area contributed by atoms with Gasteiger partial charge in [-0.2, -0.15) is 5.10 Å². The fourth-order valence-corrected chi connectivity index (χ4v) is 4.69. The molecule has 7 nitrogen and oxygen atoms in total. The molecule has 164 valence electrons. The molecular formula is C22H27ClFN7. The van der Waals surface area contributed by atoms with Gasteiger partial charge in [0.25, 0.3) is 0 Å². The van der Waals surface area contributed by atoms with Gasteiger partial charge in [0.15, 0.2) is 11.5 Å². The first-order valence-electron chi connectivity index (χ1n) is 10.9. The van der Waals surface area contributed by atoms with Crippen LogP contribution in [0.1, 0.15) is 6.42 Å². The Hall–Kier alpha value is -2.29. The van der Waals surface area contributed by atoms with E-state index in [1.807, 2.05) is 39.9 Å². The van der Waals surface area contributed by atoms with Crippen LogP contribution in [0.3, 0.4) is 0 Å². The van der Waals surface area contributed by atoms with Gasteiger partial charge >= 0.3 is 0 Å². The van der Waals surface area contributed by atoms with Crippen molar-refractivity contribution in [2.75, 3.05) is 57.8 Å². The lowest BCUT2D eigenvalue weighted by Crippen LogP contribution is -2.45. The summed E-state index contributed by atoms with van der Waals surface area (Å²) in [7, 11) is 2.15.